The maximum absolute atomic E-state index is 13.0. The van der Waals surface area contributed by atoms with Gasteiger partial charge in [0, 0.05) is 31.1 Å². The summed E-state index contributed by atoms with van der Waals surface area (Å²) in [6.07, 6.45) is 1.12. The van der Waals surface area contributed by atoms with Gasteiger partial charge < -0.3 is 14.2 Å². The van der Waals surface area contributed by atoms with Gasteiger partial charge in [-0.3, -0.25) is 9.59 Å². The summed E-state index contributed by atoms with van der Waals surface area (Å²) < 4.78 is 43.2. The fourth-order valence-corrected chi connectivity index (χ4v) is 5.06. The highest BCUT2D eigenvalue weighted by atomic mass is 32.2. The molecule has 0 spiro atoms. The van der Waals surface area contributed by atoms with Crippen LogP contribution in [0.15, 0.2) is 47.4 Å². The third-order valence-electron chi connectivity index (χ3n) is 5.50. The van der Waals surface area contributed by atoms with Crippen molar-refractivity contribution in [2.45, 2.75) is 31.1 Å². The van der Waals surface area contributed by atoms with E-state index in [1.165, 1.54) is 30.7 Å². The van der Waals surface area contributed by atoms with Crippen LogP contribution in [-0.2, 0) is 14.8 Å². The van der Waals surface area contributed by atoms with Gasteiger partial charge in [-0.05, 0) is 49.2 Å². The molecule has 8 nitrogen and oxygen atoms in total. The Morgan fingerprint density at radius 3 is 2.16 bits per heavy atom. The molecule has 1 aliphatic heterocycles. The smallest absolute Gasteiger partial charge is 0.314 e. The van der Waals surface area contributed by atoms with E-state index in [4.69, 9.17) is 14.2 Å². The van der Waals surface area contributed by atoms with Crippen LogP contribution in [0.25, 0.3) is 0 Å². The van der Waals surface area contributed by atoms with Crippen LogP contribution in [0.3, 0.4) is 0 Å². The molecule has 0 atom stereocenters. The number of carbonyl (C=O) groups is 2. The molecular formula is C23H27NO7S. The lowest BCUT2D eigenvalue weighted by Gasteiger charge is -2.30. The molecule has 1 heterocycles. The molecule has 0 amide bonds. The summed E-state index contributed by atoms with van der Waals surface area (Å²) in [7, 11) is -0.803. The zero-order chi connectivity index (χ0) is 23.3. The van der Waals surface area contributed by atoms with Crippen molar-refractivity contribution < 1.29 is 32.2 Å². The molecule has 1 aliphatic rings. The standard InChI is InChI=1S/C23H27NO7S/c1-4-20(25)16-5-7-18(8-6-16)31-23(26)17-11-13-24(14-12-17)32(27,28)19-9-10-21(29-2)22(15-19)30-3/h5-10,15,17H,4,11-14H2,1-3H3. The Balaban J connectivity index is 1.61. The number of rotatable bonds is 8. The Morgan fingerprint density at radius 2 is 1.59 bits per heavy atom. The first-order valence-corrected chi connectivity index (χ1v) is 11.8. The predicted molar refractivity (Wildman–Crippen MR) is 118 cm³/mol. The molecule has 0 aliphatic carbocycles. The number of carbonyl (C=O) groups excluding carboxylic acids is 2. The van der Waals surface area contributed by atoms with Crippen molar-refractivity contribution in [3.8, 4) is 17.2 Å². The van der Waals surface area contributed by atoms with Crippen LogP contribution < -0.4 is 14.2 Å². The van der Waals surface area contributed by atoms with Gasteiger partial charge in [0.2, 0.25) is 10.0 Å². The molecule has 172 valence electrons. The minimum atomic E-state index is -3.73. The largest absolute Gasteiger partial charge is 0.493 e. The first-order valence-electron chi connectivity index (χ1n) is 10.4. The number of nitrogens with zero attached hydrogens (tertiary/aromatic N) is 1. The van der Waals surface area contributed by atoms with E-state index in [1.807, 2.05) is 0 Å². The first kappa shape index (κ1) is 23.7. The van der Waals surface area contributed by atoms with Crippen molar-refractivity contribution in [3.05, 3.63) is 48.0 Å². The van der Waals surface area contributed by atoms with Crippen LogP contribution in [0.2, 0.25) is 0 Å². The lowest BCUT2D eigenvalue weighted by Crippen LogP contribution is -2.41. The second-order valence-electron chi connectivity index (χ2n) is 7.42. The predicted octanol–water partition coefficient (Wildman–Crippen LogP) is 3.30. The molecule has 1 saturated heterocycles. The lowest BCUT2D eigenvalue weighted by atomic mass is 9.98. The Morgan fingerprint density at radius 1 is 0.969 bits per heavy atom. The SMILES string of the molecule is CCC(=O)c1ccc(OC(=O)C2CCN(S(=O)(=O)c3ccc(OC)c(OC)c3)CC2)cc1. The molecule has 9 heteroatoms. The number of ketones is 1. The highest BCUT2D eigenvalue weighted by molar-refractivity contribution is 7.89. The van der Waals surface area contributed by atoms with Gasteiger partial charge in [0.1, 0.15) is 5.75 Å². The van der Waals surface area contributed by atoms with E-state index in [0.29, 0.717) is 42.1 Å². The molecule has 0 unspecified atom stereocenters. The first-order chi connectivity index (χ1) is 15.3. The van der Waals surface area contributed by atoms with Crippen LogP contribution >= 0.6 is 0 Å². The molecule has 2 aromatic carbocycles. The van der Waals surface area contributed by atoms with Crippen molar-refractivity contribution in [1.82, 2.24) is 4.31 Å². The molecule has 0 N–H and O–H groups in total. The summed E-state index contributed by atoms with van der Waals surface area (Å²) in [4.78, 5) is 24.3. The van der Waals surface area contributed by atoms with Crippen LogP contribution in [0.4, 0.5) is 0 Å². The highest BCUT2D eigenvalue weighted by Crippen LogP contribution is 2.32. The topological polar surface area (TPSA) is 99.2 Å². The molecule has 3 rings (SSSR count). The van der Waals surface area contributed by atoms with Gasteiger partial charge in [0.15, 0.2) is 17.3 Å². The Labute approximate surface area is 188 Å². The number of esters is 1. The molecule has 2 aromatic rings. The summed E-state index contributed by atoms with van der Waals surface area (Å²) in [5, 5.41) is 0. The van der Waals surface area contributed by atoms with E-state index in [-0.39, 0.29) is 23.8 Å². The Bertz CT molecular complexity index is 1070. The Hall–Kier alpha value is -2.91. The van der Waals surface area contributed by atoms with Crippen molar-refractivity contribution in [2.75, 3.05) is 27.3 Å². The van der Waals surface area contributed by atoms with Gasteiger partial charge in [-0.25, -0.2) is 8.42 Å². The van der Waals surface area contributed by atoms with Gasteiger partial charge in [-0.1, -0.05) is 6.92 Å². The number of hydrogen-bond acceptors (Lipinski definition) is 7. The molecule has 0 aromatic heterocycles. The quantitative estimate of drug-likeness (QED) is 0.338. The number of ether oxygens (including phenoxy) is 3. The van der Waals surface area contributed by atoms with Crippen molar-refractivity contribution in [3.63, 3.8) is 0 Å². The normalized spacial score (nSPS) is 15.2. The third-order valence-corrected chi connectivity index (χ3v) is 7.39. The monoisotopic (exact) mass is 461 g/mol. The maximum atomic E-state index is 13.0. The molecule has 0 bridgehead atoms. The van der Waals surface area contributed by atoms with E-state index in [2.05, 4.69) is 0 Å². The number of methoxy groups -OCH3 is 2. The van der Waals surface area contributed by atoms with Gasteiger partial charge >= 0.3 is 5.97 Å². The number of piperidine rings is 1. The van der Waals surface area contributed by atoms with Crippen molar-refractivity contribution in [2.24, 2.45) is 5.92 Å². The fraction of sp³-hybridized carbons (Fsp3) is 0.391. The summed E-state index contributed by atoms with van der Waals surface area (Å²) in [5.74, 6) is 0.360. The van der Waals surface area contributed by atoms with Gasteiger partial charge in [-0.15, -0.1) is 0 Å². The molecular weight excluding hydrogens is 434 g/mol. The van der Waals surface area contributed by atoms with Crippen molar-refractivity contribution >= 4 is 21.8 Å². The summed E-state index contributed by atoms with van der Waals surface area (Å²) >= 11 is 0. The van der Waals surface area contributed by atoms with Crippen LogP contribution in [0.5, 0.6) is 17.2 Å². The second kappa shape index (κ2) is 10.1. The van der Waals surface area contributed by atoms with Gasteiger partial charge in [0.25, 0.3) is 0 Å². The average Bonchev–Trinajstić information content (AvgIpc) is 2.83. The van der Waals surface area contributed by atoms with Crippen LogP contribution in [0, 0.1) is 5.92 Å². The minimum absolute atomic E-state index is 0.0194. The van der Waals surface area contributed by atoms with E-state index >= 15 is 0 Å². The lowest BCUT2D eigenvalue weighted by molar-refractivity contribution is -0.140. The highest BCUT2D eigenvalue weighted by Gasteiger charge is 2.33. The van der Waals surface area contributed by atoms with E-state index in [9.17, 15) is 18.0 Å². The minimum Gasteiger partial charge on any atom is -0.493 e. The molecule has 1 fully saturated rings. The van der Waals surface area contributed by atoms with Crippen LogP contribution in [0.1, 0.15) is 36.5 Å². The number of Topliss-reactive ketones (excluding diaryl/α,β-unsaturated/α-hetero) is 1. The zero-order valence-corrected chi connectivity index (χ0v) is 19.2. The summed E-state index contributed by atoms with van der Waals surface area (Å²) in [6.45, 7) is 2.20. The fourth-order valence-electron chi connectivity index (χ4n) is 3.57. The zero-order valence-electron chi connectivity index (χ0n) is 18.4. The van der Waals surface area contributed by atoms with Crippen molar-refractivity contribution in [1.29, 1.82) is 0 Å². The number of hydrogen-bond donors (Lipinski definition) is 0. The summed E-state index contributed by atoms with van der Waals surface area (Å²) in [6, 6.07) is 10.9. The molecule has 0 saturated carbocycles. The van der Waals surface area contributed by atoms with E-state index in [0.717, 1.165) is 0 Å². The number of sulfonamides is 1. The third kappa shape index (κ3) is 5.11. The van der Waals surface area contributed by atoms with Crippen LogP contribution in [-0.4, -0.2) is 51.8 Å². The number of benzene rings is 2. The maximum Gasteiger partial charge on any atom is 0.314 e. The Kier molecular flexibility index (Phi) is 7.52. The van der Waals surface area contributed by atoms with Gasteiger partial charge in [0.05, 0.1) is 25.0 Å². The van der Waals surface area contributed by atoms with Gasteiger partial charge in [-0.2, -0.15) is 4.31 Å². The summed E-state index contributed by atoms with van der Waals surface area (Å²) in [5.41, 5.74) is 0.570. The average molecular weight is 462 g/mol. The molecule has 32 heavy (non-hydrogen) atoms. The second-order valence-corrected chi connectivity index (χ2v) is 9.36. The van der Waals surface area contributed by atoms with E-state index in [1.54, 1.807) is 37.3 Å². The molecule has 0 radical (unpaired) electrons. The van der Waals surface area contributed by atoms with E-state index < -0.39 is 21.9 Å².